The first-order valence-electron chi connectivity index (χ1n) is 8.10. The zero-order chi connectivity index (χ0) is 18.1. The molecule has 0 aliphatic carbocycles. The van der Waals surface area contributed by atoms with E-state index in [4.69, 9.17) is 4.74 Å². The lowest BCUT2D eigenvalue weighted by Gasteiger charge is -2.13. The van der Waals surface area contributed by atoms with Crippen LogP contribution < -0.4 is 25.6 Å². The number of hydrogen-bond acceptors (Lipinski definition) is 6. The first kappa shape index (κ1) is 18.3. The Bertz CT molecular complexity index is 675. The molecular formula is C17H24N6O2. The van der Waals surface area contributed by atoms with E-state index < -0.39 is 0 Å². The molecule has 1 aromatic heterocycles. The molecule has 0 aliphatic rings. The SMILES string of the molecule is CCOc1ccc(NC(=O)NCCNc2cc(N(C)C)cnn2)cc1. The summed E-state index contributed by atoms with van der Waals surface area (Å²) < 4.78 is 5.36. The van der Waals surface area contributed by atoms with Crippen LogP contribution in [0.5, 0.6) is 5.75 Å². The van der Waals surface area contributed by atoms with Crippen LogP contribution in [0.15, 0.2) is 36.5 Å². The standard InChI is InChI=1S/C17H24N6O2/c1-4-25-15-7-5-13(6-8-15)21-17(24)19-10-9-18-16-11-14(23(2)3)12-20-22-16/h5-8,11-12H,4,9-10H2,1-3H3,(H,18,22)(H2,19,21,24). The lowest BCUT2D eigenvalue weighted by Crippen LogP contribution is -2.32. The summed E-state index contributed by atoms with van der Waals surface area (Å²) in [6.07, 6.45) is 1.69. The number of amides is 2. The molecule has 25 heavy (non-hydrogen) atoms. The molecule has 0 spiro atoms. The van der Waals surface area contributed by atoms with Crippen molar-refractivity contribution in [1.29, 1.82) is 0 Å². The molecular weight excluding hydrogens is 320 g/mol. The molecule has 3 N–H and O–H groups in total. The van der Waals surface area contributed by atoms with Crippen LogP contribution in [0.4, 0.5) is 22.0 Å². The first-order chi connectivity index (χ1) is 12.1. The zero-order valence-corrected chi connectivity index (χ0v) is 14.7. The predicted molar refractivity (Wildman–Crippen MR) is 99.5 cm³/mol. The minimum absolute atomic E-state index is 0.265. The number of urea groups is 1. The van der Waals surface area contributed by atoms with Crippen LogP contribution in [0.25, 0.3) is 0 Å². The quantitative estimate of drug-likeness (QED) is 0.636. The largest absolute Gasteiger partial charge is 0.494 e. The maximum absolute atomic E-state index is 11.9. The van der Waals surface area contributed by atoms with E-state index >= 15 is 0 Å². The second-order valence-corrected chi connectivity index (χ2v) is 5.46. The molecule has 0 atom stereocenters. The normalized spacial score (nSPS) is 10.0. The van der Waals surface area contributed by atoms with E-state index in [9.17, 15) is 4.79 Å². The third-order valence-corrected chi connectivity index (χ3v) is 3.30. The maximum Gasteiger partial charge on any atom is 0.319 e. The Balaban J connectivity index is 1.70. The molecule has 0 fully saturated rings. The highest BCUT2D eigenvalue weighted by molar-refractivity contribution is 5.89. The Morgan fingerprint density at radius 3 is 2.64 bits per heavy atom. The molecule has 2 aromatic rings. The van der Waals surface area contributed by atoms with Gasteiger partial charge in [0.15, 0.2) is 5.82 Å². The number of nitrogens with one attached hydrogen (secondary N) is 3. The van der Waals surface area contributed by atoms with Gasteiger partial charge in [-0.15, -0.1) is 5.10 Å². The summed E-state index contributed by atoms with van der Waals surface area (Å²) in [5.74, 6) is 1.44. The van der Waals surface area contributed by atoms with Gasteiger partial charge in [0.2, 0.25) is 0 Å². The van der Waals surface area contributed by atoms with Gasteiger partial charge in [-0.05, 0) is 31.2 Å². The van der Waals surface area contributed by atoms with Crippen molar-refractivity contribution in [2.75, 3.05) is 49.3 Å². The molecule has 0 bridgehead atoms. The van der Waals surface area contributed by atoms with Gasteiger partial charge in [-0.2, -0.15) is 5.10 Å². The van der Waals surface area contributed by atoms with Crippen LogP contribution in [0.2, 0.25) is 0 Å². The molecule has 0 unspecified atom stereocenters. The molecule has 1 aromatic carbocycles. The van der Waals surface area contributed by atoms with E-state index in [1.165, 1.54) is 0 Å². The summed E-state index contributed by atoms with van der Waals surface area (Å²) in [6.45, 7) is 3.54. The van der Waals surface area contributed by atoms with Gasteiger partial charge in [-0.1, -0.05) is 0 Å². The van der Waals surface area contributed by atoms with Crippen LogP contribution in [-0.2, 0) is 0 Å². The van der Waals surface area contributed by atoms with Gasteiger partial charge < -0.3 is 25.6 Å². The number of anilines is 3. The van der Waals surface area contributed by atoms with Crippen LogP contribution in [0.1, 0.15) is 6.92 Å². The molecule has 8 nitrogen and oxygen atoms in total. The fourth-order valence-corrected chi connectivity index (χ4v) is 2.03. The van der Waals surface area contributed by atoms with Crippen molar-refractivity contribution >= 4 is 23.2 Å². The number of hydrogen-bond donors (Lipinski definition) is 3. The third kappa shape index (κ3) is 6.17. The number of benzene rings is 1. The summed E-state index contributed by atoms with van der Waals surface area (Å²) in [5.41, 5.74) is 1.66. The predicted octanol–water partition coefficient (Wildman–Crippen LogP) is 2.17. The van der Waals surface area contributed by atoms with Gasteiger partial charge in [0.1, 0.15) is 5.75 Å². The molecule has 134 valence electrons. The van der Waals surface area contributed by atoms with E-state index in [0.717, 1.165) is 11.4 Å². The number of aromatic nitrogens is 2. The number of carbonyl (C=O) groups is 1. The second-order valence-electron chi connectivity index (χ2n) is 5.46. The minimum Gasteiger partial charge on any atom is -0.494 e. The van der Waals surface area contributed by atoms with Gasteiger partial charge in [-0.25, -0.2) is 4.79 Å². The summed E-state index contributed by atoms with van der Waals surface area (Å²) in [6, 6.07) is 8.86. The van der Waals surface area contributed by atoms with E-state index in [1.807, 2.05) is 44.1 Å². The smallest absolute Gasteiger partial charge is 0.319 e. The molecule has 2 amide bonds. The summed E-state index contributed by atoms with van der Waals surface area (Å²) in [5, 5.41) is 16.6. The van der Waals surface area contributed by atoms with Crippen molar-refractivity contribution in [2.24, 2.45) is 0 Å². The molecule has 0 radical (unpaired) electrons. The Morgan fingerprint density at radius 1 is 1.20 bits per heavy atom. The summed E-state index contributed by atoms with van der Waals surface area (Å²) >= 11 is 0. The highest BCUT2D eigenvalue weighted by atomic mass is 16.5. The van der Waals surface area contributed by atoms with Crippen LogP contribution in [0.3, 0.4) is 0 Å². The summed E-state index contributed by atoms with van der Waals surface area (Å²) in [7, 11) is 3.88. The molecule has 8 heteroatoms. The molecule has 2 rings (SSSR count). The monoisotopic (exact) mass is 344 g/mol. The second kappa shape index (κ2) is 9.31. The van der Waals surface area contributed by atoms with E-state index in [2.05, 4.69) is 26.1 Å². The van der Waals surface area contributed by atoms with Crippen molar-refractivity contribution in [1.82, 2.24) is 15.5 Å². The Morgan fingerprint density at radius 2 is 1.96 bits per heavy atom. The highest BCUT2D eigenvalue weighted by Gasteiger charge is 2.03. The van der Waals surface area contributed by atoms with E-state index in [1.54, 1.807) is 18.3 Å². The lowest BCUT2D eigenvalue weighted by atomic mass is 10.3. The Hall–Kier alpha value is -3.03. The average Bonchev–Trinajstić information content (AvgIpc) is 2.61. The first-order valence-corrected chi connectivity index (χ1v) is 8.10. The highest BCUT2D eigenvalue weighted by Crippen LogP contribution is 2.15. The van der Waals surface area contributed by atoms with Gasteiger partial charge in [0, 0.05) is 38.9 Å². The fraction of sp³-hybridized carbons (Fsp3) is 0.353. The Labute approximate surface area is 147 Å². The van der Waals surface area contributed by atoms with Crippen LogP contribution in [0, 0.1) is 0 Å². The molecule has 1 heterocycles. The van der Waals surface area contributed by atoms with Gasteiger partial charge in [-0.3, -0.25) is 0 Å². The summed E-state index contributed by atoms with van der Waals surface area (Å²) in [4.78, 5) is 13.8. The molecule has 0 saturated heterocycles. The van der Waals surface area contributed by atoms with Crippen molar-refractivity contribution in [3.8, 4) is 5.75 Å². The number of rotatable bonds is 8. The molecule has 0 aliphatic heterocycles. The Kier molecular flexibility index (Phi) is 6.82. The van der Waals surface area contributed by atoms with Crippen LogP contribution >= 0.6 is 0 Å². The van der Waals surface area contributed by atoms with E-state index in [-0.39, 0.29) is 6.03 Å². The maximum atomic E-state index is 11.9. The average molecular weight is 344 g/mol. The molecule has 0 saturated carbocycles. The third-order valence-electron chi connectivity index (χ3n) is 3.30. The number of nitrogens with zero attached hydrogens (tertiary/aromatic N) is 3. The van der Waals surface area contributed by atoms with Crippen molar-refractivity contribution in [3.63, 3.8) is 0 Å². The number of ether oxygens (including phenoxy) is 1. The fourth-order valence-electron chi connectivity index (χ4n) is 2.03. The van der Waals surface area contributed by atoms with Crippen molar-refractivity contribution in [3.05, 3.63) is 36.5 Å². The van der Waals surface area contributed by atoms with Gasteiger partial charge in [0.05, 0.1) is 18.5 Å². The van der Waals surface area contributed by atoms with Gasteiger partial charge >= 0.3 is 6.03 Å². The number of carbonyl (C=O) groups excluding carboxylic acids is 1. The minimum atomic E-state index is -0.265. The zero-order valence-electron chi connectivity index (χ0n) is 14.7. The van der Waals surface area contributed by atoms with Crippen molar-refractivity contribution in [2.45, 2.75) is 6.92 Å². The van der Waals surface area contributed by atoms with Crippen molar-refractivity contribution < 1.29 is 9.53 Å². The van der Waals surface area contributed by atoms with Crippen LogP contribution in [-0.4, -0.2) is 50.0 Å². The van der Waals surface area contributed by atoms with Gasteiger partial charge in [0.25, 0.3) is 0 Å². The van der Waals surface area contributed by atoms with E-state index in [0.29, 0.717) is 31.2 Å². The topological polar surface area (TPSA) is 91.4 Å². The lowest BCUT2D eigenvalue weighted by molar-refractivity contribution is 0.252.